The number of unbranched alkanes of at least 4 members (excludes halogenated alkanes) is 12. The van der Waals surface area contributed by atoms with E-state index in [1.54, 1.807) is 0 Å². The van der Waals surface area contributed by atoms with Gasteiger partial charge >= 0.3 is 0 Å². The third-order valence-electron chi connectivity index (χ3n) is 5.23. The van der Waals surface area contributed by atoms with Crippen LogP contribution in [0.25, 0.3) is 0 Å². The molecule has 0 saturated carbocycles. The van der Waals surface area contributed by atoms with Crippen LogP contribution in [-0.4, -0.2) is 24.2 Å². The second kappa shape index (κ2) is 18.1. The first kappa shape index (κ1) is 22.4. The van der Waals surface area contributed by atoms with E-state index in [0.29, 0.717) is 6.10 Å². The van der Waals surface area contributed by atoms with Crippen molar-refractivity contribution in [2.75, 3.05) is 18.1 Å². The molecule has 0 N–H and O–H groups in total. The molecule has 0 bridgehead atoms. The third kappa shape index (κ3) is 14.6. The summed E-state index contributed by atoms with van der Waals surface area (Å²) < 4.78 is 5.68. The van der Waals surface area contributed by atoms with E-state index in [1.807, 2.05) is 0 Å². The molecule has 24 heavy (non-hydrogen) atoms. The SMILES string of the molecule is CCCCCCSCCCCCCCCCCCCC1CCCO1. The molecule has 1 heterocycles. The molecule has 0 radical (unpaired) electrons. The Bertz CT molecular complexity index is 238. The summed E-state index contributed by atoms with van der Waals surface area (Å²) in [5, 5.41) is 0. The Morgan fingerprint density at radius 3 is 1.79 bits per heavy atom. The van der Waals surface area contributed by atoms with Gasteiger partial charge in [-0.1, -0.05) is 84.0 Å². The zero-order valence-corrected chi connectivity index (χ0v) is 17.4. The standard InChI is InChI=1S/C22H44OS/c1-2-3-4-14-20-24-21-15-12-10-8-6-5-7-9-11-13-17-22-18-16-19-23-22/h22H,2-21H2,1H3. The molecule has 144 valence electrons. The van der Waals surface area contributed by atoms with Crippen LogP contribution in [0.4, 0.5) is 0 Å². The Kier molecular flexibility index (Phi) is 16.9. The average molecular weight is 357 g/mol. The van der Waals surface area contributed by atoms with Gasteiger partial charge in [0.05, 0.1) is 6.10 Å². The summed E-state index contributed by atoms with van der Waals surface area (Å²) in [6.07, 6.45) is 24.7. The Hall–Kier alpha value is 0.310. The van der Waals surface area contributed by atoms with Gasteiger partial charge in [-0.2, -0.15) is 11.8 Å². The van der Waals surface area contributed by atoms with Gasteiger partial charge in [0.25, 0.3) is 0 Å². The minimum atomic E-state index is 0.611. The Balaban J connectivity index is 1.63. The lowest BCUT2D eigenvalue weighted by atomic mass is 10.0. The minimum Gasteiger partial charge on any atom is -0.378 e. The molecule has 1 aliphatic rings. The van der Waals surface area contributed by atoms with Crippen LogP contribution in [-0.2, 0) is 4.74 Å². The summed E-state index contributed by atoms with van der Waals surface area (Å²) in [4.78, 5) is 0. The smallest absolute Gasteiger partial charge is 0.0576 e. The predicted molar refractivity (Wildman–Crippen MR) is 111 cm³/mol. The van der Waals surface area contributed by atoms with Gasteiger partial charge < -0.3 is 4.74 Å². The molecule has 0 aromatic heterocycles. The molecule has 0 amide bonds. The first-order valence-corrected chi connectivity index (χ1v) is 12.3. The van der Waals surface area contributed by atoms with Crippen molar-refractivity contribution in [1.29, 1.82) is 0 Å². The lowest BCUT2D eigenvalue weighted by Crippen LogP contribution is -2.03. The highest BCUT2D eigenvalue weighted by Crippen LogP contribution is 2.19. The van der Waals surface area contributed by atoms with Crippen LogP contribution in [0.3, 0.4) is 0 Å². The third-order valence-corrected chi connectivity index (χ3v) is 6.39. The van der Waals surface area contributed by atoms with Crippen molar-refractivity contribution in [2.45, 2.75) is 122 Å². The molecule has 2 heteroatoms. The molecule has 1 rings (SSSR count). The first-order chi connectivity index (χ1) is 11.9. The largest absolute Gasteiger partial charge is 0.378 e. The summed E-state index contributed by atoms with van der Waals surface area (Å²) >= 11 is 2.18. The number of hydrogen-bond donors (Lipinski definition) is 0. The molecule has 0 aromatic carbocycles. The molecule has 0 aliphatic carbocycles. The van der Waals surface area contributed by atoms with Crippen LogP contribution in [0, 0.1) is 0 Å². The fourth-order valence-corrected chi connectivity index (χ4v) is 4.62. The van der Waals surface area contributed by atoms with Crippen LogP contribution in [0.1, 0.15) is 116 Å². The number of hydrogen-bond acceptors (Lipinski definition) is 2. The Labute approximate surface area is 157 Å². The second-order valence-corrected chi connectivity index (χ2v) is 8.86. The maximum Gasteiger partial charge on any atom is 0.0576 e. The van der Waals surface area contributed by atoms with Crippen molar-refractivity contribution < 1.29 is 4.74 Å². The van der Waals surface area contributed by atoms with Crippen molar-refractivity contribution in [1.82, 2.24) is 0 Å². The molecular weight excluding hydrogens is 312 g/mol. The second-order valence-electron chi connectivity index (χ2n) is 7.63. The lowest BCUT2D eigenvalue weighted by Gasteiger charge is -2.08. The monoisotopic (exact) mass is 356 g/mol. The topological polar surface area (TPSA) is 9.23 Å². The number of ether oxygens (including phenoxy) is 1. The highest BCUT2D eigenvalue weighted by atomic mass is 32.2. The first-order valence-electron chi connectivity index (χ1n) is 11.1. The molecule has 1 nitrogen and oxygen atoms in total. The van der Waals surface area contributed by atoms with Crippen LogP contribution >= 0.6 is 11.8 Å². The quantitative estimate of drug-likeness (QED) is 0.232. The van der Waals surface area contributed by atoms with E-state index in [0.717, 1.165) is 6.61 Å². The van der Waals surface area contributed by atoms with E-state index >= 15 is 0 Å². The van der Waals surface area contributed by atoms with E-state index in [9.17, 15) is 0 Å². The summed E-state index contributed by atoms with van der Waals surface area (Å²) in [6.45, 7) is 3.31. The molecule has 1 saturated heterocycles. The summed E-state index contributed by atoms with van der Waals surface area (Å²) in [6, 6.07) is 0. The van der Waals surface area contributed by atoms with Crippen LogP contribution in [0.5, 0.6) is 0 Å². The van der Waals surface area contributed by atoms with Gasteiger partial charge in [-0.05, 0) is 43.6 Å². The Morgan fingerprint density at radius 1 is 0.708 bits per heavy atom. The van der Waals surface area contributed by atoms with Gasteiger partial charge in [0, 0.05) is 6.61 Å². The van der Waals surface area contributed by atoms with Gasteiger partial charge in [0.1, 0.15) is 0 Å². The molecular formula is C22H44OS. The zero-order chi connectivity index (χ0) is 17.1. The van der Waals surface area contributed by atoms with E-state index in [2.05, 4.69) is 18.7 Å². The molecule has 1 aliphatic heterocycles. The van der Waals surface area contributed by atoms with E-state index in [-0.39, 0.29) is 0 Å². The number of rotatable bonds is 18. The van der Waals surface area contributed by atoms with Gasteiger partial charge in [-0.15, -0.1) is 0 Å². The maximum absolute atomic E-state index is 5.68. The van der Waals surface area contributed by atoms with Crippen LogP contribution in [0.15, 0.2) is 0 Å². The van der Waals surface area contributed by atoms with Gasteiger partial charge in [0.2, 0.25) is 0 Å². The van der Waals surface area contributed by atoms with Crippen LogP contribution < -0.4 is 0 Å². The zero-order valence-electron chi connectivity index (χ0n) is 16.5. The fourth-order valence-electron chi connectivity index (χ4n) is 3.60. The number of thioether (sulfide) groups is 1. The lowest BCUT2D eigenvalue weighted by molar-refractivity contribution is 0.102. The van der Waals surface area contributed by atoms with Crippen LogP contribution in [0.2, 0.25) is 0 Å². The molecule has 0 spiro atoms. The van der Waals surface area contributed by atoms with Crippen molar-refractivity contribution >= 4 is 11.8 Å². The minimum absolute atomic E-state index is 0.611. The fraction of sp³-hybridized carbons (Fsp3) is 1.00. The van der Waals surface area contributed by atoms with E-state index in [4.69, 9.17) is 4.74 Å². The maximum atomic E-state index is 5.68. The van der Waals surface area contributed by atoms with E-state index in [1.165, 1.54) is 121 Å². The van der Waals surface area contributed by atoms with E-state index < -0.39 is 0 Å². The van der Waals surface area contributed by atoms with Gasteiger partial charge in [-0.3, -0.25) is 0 Å². The predicted octanol–water partition coefficient (Wildman–Crippen LogP) is 7.77. The van der Waals surface area contributed by atoms with Gasteiger partial charge in [-0.25, -0.2) is 0 Å². The van der Waals surface area contributed by atoms with Crippen molar-refractivity contribution in [3.05, 3.63) is 0 Å². The average Bonchev–Trinajstić information content (AvgIpc) is 3.11. The molecule has 1 fully saturated rings. The highest BCUT2D eigenvalue weighted by Gasteiger charge is 2.14. The van der Waals surface area contributed by atoms with Gasteiger partial charge in [0.15, 0.2) is 0 Å². The van der Waals surface area contributed by atoms with Crippen molar-refractivity contribution in [3.63, 3.8) is 0 Å². The molecule has 1 unspecified atom stereocenters. The molecule has 1 atom stereocenters. The van der Waals surface area contributed by atoms with Crippen molar-refractivity contribution in [3.8, 4) is 0 Å². The Morgan fingerprint density at radius 2 is 1.25 bits per heavy atom. The summed E-state index contributed by atoms with van der Waals surface area (Å²) in [7, 11) is 0. The normalized spacial score (nSPS) is 17.6. The summed E-state index contributed by atoms with van der Waals surface area (Å²) in [5.74, 6) is 2.80. The molecule has 0 aromatic rings. The van der Waals surface area contributed by atoms with Crippen molar-refractivity contribution in [2.24, 2.45) is 0 Å². The summed E-state index contributed by atoms with van der Waals surface area (Å²) in [5.41, 5.74) is 0. The highest BCUT2D eigenvalue weighted by molar-refractivity contribution is 7.99.